The third-order valence-corrected chi connectivity index (χ3v) is 4.70. The number of nitrogens with one attached hydrogen (secondary N) is 1. The van der Waals surface area contributed by atoms with Crippen molar-refractivity contribution >= 4 is 22.4 Å². The number of methoxy groups -OCH3 is 1. The molecule has 5 heteroatoms. The van der Waals surface area contributed by atoms with Crippen LogP contribution in [0.4, 0.5) is 5.13 Å². The van der Waals surface area contributed by atoms with Crippen LogP contribution in [0.5, 0.6) is 5.75 Å². The van der Waals surface area contributed by atoms with Crippen molar-refractivity contribution in [1.29, 1.82) is 0 Å². The standard InChI is InChI=1S/C20H20N2O2S/c1-13(2)14-8-10-15(11-9-14)19(23)22-20-21-17(12-25-20)16-6-4-5-7-18(16)24-3/h4-13H,1-3H3,(H,21,22,23). The monoisotopic (exact) mass is 352 g/mol. The van der Waals surface area contributed by atoms with E-state index in [0.717, 1.165) is 17.0 Å². The number of aromatic nitrogens is 1. The van der Waals surface area contributed by atoms with Gasteiger partial charge in [-0.2, -0.15) is 0 Å². The number of ether oxygens (including phenoxy) is 1. The number of hydrogen-bond acceptors (Lipinski definition) is 4. The molecule has 0 saturated carbocycles. The number of carbonyl (C=O) groups excluding carboxylic acids is 1. The van der Waals surface area contributed by atoms with Gasteiger partial charge in [0.25, 0.3) is 5.91 Å². The predicted molar refractivity (Wildman–Crippen MR) is 103 cm³/mol. The minimum atomic E-state index is -0.156. The normalized spacial score (nSPS) is 10.7. The van der Waals surface area contributed by atoms with E-state index in [-0.39, 0.29) is 5.91 Å². The number of carbonyl (C=O) groups is 1. The molecule has 0 bridgehead atoms. The summed E-state index contributed by atoms with van der Waals surface area (Å²) in [6, 6.07) is 15.4. The lowest BCUT2D eigenvalue weighted by Crippen LogP contribution is -2.11. The van der Waals surface area contributed by atoms with Gasteiger partial charge in [0.15, 0.2) is 5.13 Å². The van der Waals surface area contributed by atoms with Gasteiger partial charge < -0.3 is 4.74 Å². The van der Waals surface area contributed by atoms with Crippen LogP contribution in [0.15, 0.2) is 53.9 Å². The fourth-order valence-corrected chi connectivity index (χ4v) is 3.21. The number of rotatable bonds is 5. The molecular weight excluding hydrogens is 332 g/mol. The fourth-order valence-electron chi connectivity index (χ4n) is 2.50. The summed E-state index contributed by atoms with van der Waals surface area (Å²) in [5.41, 5.74) is 3.53. The van der Waals surface area contributed by atoms with Crippen molar-refractivity contribution in [3.05, 3.63) is 65.0 Å². The molecule has 1 aromatic heterocycles. The van der Waals surface area contributed by atoms with Crippen molar-refractivity contribution in [3.63, 3.8) is 0 Å². The van der Waals surface area contributed by atoms with Gasteiger partial charge in [-0.15, -0.1) is 11.3 Å². The molecule has 128 valence electrons. The highest BCUT2D eigenvalue weighted by Crippen LogP contribution is 2.32. The minimum absolute atomic E-state index is 0.156. The molecule has 1 N–H and O–H groups in total. The van der Waals surface area contributed by atoms with Gasteiger partial charge in [0.05, 0.1) is 12.8 Å². The first kappa shape index (κ1) is 17.2. The number of hydrogen-bond donors (Lipinski definition) is 1. The van der Waals surface area contributed by atoms with Gasteiger partial charge in [0.2, 0.25) is 0 Å². The van der Waals surface area contributed by atoms with E-state index < -0.39 is 0 Å². The molecule has 0 saturated heterocycles. The van der Waals surface area contributed by atoms with Crippen LogP contribution in [0.1, 0.15) is 35.7 Å². The molecule has 25 heavy (non-hydrogen) atoms. The smallest absolute Gasteiger partial charge is 0.257 e. The first-order valence-electron chi connectivity index (χ1n) is 8.08. The van der Waals surface area contributed by atoms with E-state index in [2.05, 4.69) is 24.1 Å². The zero-order valence-corrected chi connectivity index (χ0v) is 15.3. The highest BCUT2D eigenvalue weighted by atomic mass is 32.1. The molecule has 0 radical (unpaired) electrons. The zero-order valence-electron chi connectivity index (χ0n) is 14.4. The SMILES string of the molecule is COc1ccccc1-c1csc(NC(=O)c2ccc(C(C)C)cc2)n1. The molecule has 0 fully saturated rings. The average Bonchev–Trinajstić information content (AvgIpc) is 3.10. The second-order valence-electron chi connectivity index (χ2n) is 5.97. The van der Waals surface area contributed by atoms with Gasteiger partial charge >= 0.3 is 0 Å². The van der Waals surface area contributed by atoms with E-state index in [4.69, 9.17) is 4.74 Å². The molecule has 4 nitrogen and oxygen atoms in total. The van der Waals surface area contributed by atoms with Crippen LogP contribution in [0.3, 0.4) is 0 Å². The van der Waals surface area contributed by atoms with Crippen molar-refractivity contribution in [2.75, 3.05) is 12.4 Å². The summed E-state index contributed by atoms with van der Waals surface area (Å²) in [4.78, 5) is 16.9. The Morgan fingerprint density at radius 3 is 2.52 bits per heavy atom. The predicted octanol–water partition coefficient (Wildman–Crippen LogP) is 5.19. The van der Waals surface area contributed by atoms with Gasteiger partial charge in [0.1, 0.15) is 5.75 Å². The van der Waals surface area contributed by atoms with E-state index in [9.17, 15) is 4.79 Å². The summed E-state index contributed by atoms with van der Waals surface area (Å²) in [5.74, 6) is 1.05. The van der Waals surface area contributed by atoms with Crippen LogP contribution in [-0.4, -0.2) is 18.0 Å². The van der Waals surface area contributed by atoms with Gasteiger partial charge in [0, 0.05) is 16.5 Å². The third kappa shape index (κ3) is 3.88. The third-order valence-electron chi connectivity index (χ3n) is 3.95. The maximum absolute atomic E-state index is 12.4. The molecule has 1 amide bonds. The summed E-state index contributed by atoms with van der Waals surface area (Å²) in [6.45, 7) is 4.26. The highest BCUT2D eigenvalue weighted by molar-refractivity contribution is 7.14. The number of nitrogens with zero attached hydrogens (tertiary/aromatic N) is 1. The Labute approximate surface area is 151 Å². The van der Waals surface area contributed by atoms with Crippen LogP contribution >= 0.6 is 11.3 Å². The Kier molecular flexibility index (Phi) is 5.14. The highest BCUT2D eigenvalue weighted by Gasteiger charge is 2.12. The lowest BCUT2D eigenvalue weighted by atomic mass is 10.0. The van der Waals surface area contributed by atoms with E-state index in [1.165, 1.54) is 16.9 Å². The molecule has 2 aromatic carbocycles. The number of thiazole rings is 1. The molecule has 0 unspecified atom stereocenters. The molecule has 0 aliphatic rings. The van der Waals surface area contributed by atoms with E-state index in [1.54, 1.807) is 7.11 Å². The topological polar surface area (TPSA) is 51.2 Å². The molecule has 3 rings (SSSR count). The number of para-hydroxylation sites is 1. The molecule has 3 aromatic rings. The second-order valence-corrected chi connectivity index (χ2v) is 6.83. The molecule has 0 spiro atoms. The maximum atomic E-state index is 12.4. The molecular formula is C20H20N2O2S. The van der Waals surface area contributed by atoms with E-state index in [1.807, 2.05) is 53.9 Å². The largest absolute Gasteiger partial charge is 0.496 e. The van der Waals surface area contributed by atoms with Crippen molar-refractivity contribution in [1.82, 2.24) is 4.98 Å². The summed E-state index contributed by atoms with van der Waals surface area (Å²) in [6.07, 6.45) is 0. The summed E-state index contributed by atoms with van der Waals surface area (Å²) in [5, 5.41) is 5.34. The van der Waals surface area contributed by atoms with Crippen LogP contribution < -0.4 is 10.1 Å². The lowest BCUT2D eigenvalue weighted by Gasteiger charge is -2.07. The van der Waals surface area contributed by atoms with Crippen molar-refractivity contribution in [2.45, 2.75) is 19.8 Å². The number of benzene rings is 2. The average molecular weight is 352 g/mol. The van der Waals surface area contributed by atoms with Gasteiger partial charge in [-0.05, 0) is 35.7 Å². The van der Waals surface area contributed by atoms with Gasteiger partial charge in [-0.1, -0.05) is 38.1 Å². The summed E-state index contributed by atoms with van der Waals surface area (Å²) in [7, 11) is 1.63. The van der Waals surface area contributed by atoms with E-state index >= 15 is 0 Å². The Bertz CT molecular complexity index is 869. The second kappa shape index (κ2) is 7.49. The maximum Gasteiger partial charge on any atom is 0.257 e. The van der Waals surface area contributed by atoms with Crippen molar-refractivity contribution in [2.24, 2.45) is 0 Å². The summed E-state index contributed by atoms with van der Waals surface area (Å²) >= 11 is 1.40. The Hall–Kier alpha value is -2.66. The zero-order chi connectivity index (χ0) is 17.8. The molecule has 0 aliphatic carbocycles. The molecule has 1 heterocycles. The van der Waals surface area contributed by atoms with Crippen molar-refractivity contribution in [3.8, 4) is 17.0 Å². The van der Waals surface area contributed by atoms with Gasteiger partial charge in [-0.25, -0.2) is 4.98 Å². The molecule has 0 aliphatic heterocycles. The Balaban J connectivity index is 1.76. The Morgan fingerprint density at radius 2 is 1.84 bits per heavy atom. The van der Waals surface area contributed by atoms with Gasteiger partial charge in [-0.3, -0.25) is 10.1 Å². The Morgan fingerprint density at radius 1 is 1.12 bits per heavy atom. The molecule has 0 atom stereocenters. The van der Waals surface area contributed by atoms with Crippen molar-refractivity contribution < 1.29 is 9.53 Å². The quantitative estimate of drug-likeness (QED) is 0.687. The lowest BCUT2D eigenvalue weighted by molar-refractivity contribution is 0.102. The van der Waals surface area contributed by atoms with E-state index in [0.29, 0.717) is 16.6 Å². The first-order valence-corrected chi connectivity index (χ1v) is 8.96. The number of anilines is 1. The summed E-state index contributed by atoms with van der Waals surface area (Å²) < 4.78 is 5.37. The van der Waals surface area contributed by atoms with Crippen LogP contribution in [0, 0.1) is 0 Å². The van der Waals surface area contributed by atoms with Crippen LogP contribution in [0.2, 0.25) is 0 Å². The minimum Gasteiger partial charge on any atom is -0.496 e. The van der Waals surface area contributed by atoms with Crippen LogP contribution in [-0.2, 0) is 0 Å². The van der Waals surface area contributed by atoms with Crippen LogP contribution in [0.25, 0.3) is 11.3 Å². The first-order chi connectivity index (χ1) is 12.1. The fraction of sp³-hybridized carbons (Fsp3) is 0.200. The number of amides is 1.